The number of aryl methyl sites for hydroxylation is 3. The molecule has 1 rings (SSSR count). The lowest BCUT2D eigenvalue weighted by Crippen LogP contribution is -1.96. The predicted molar refractivity (Wildman–Crippen MR) is 41.9 cm³/mol. The minimum atomic E-state index is 1.12. The van der Waals surface area contributed by atoms with E-state index in [4.69, 9.17) is 0 Å². The van der Waals surface area contributed by atoms with E-state index in [0.717, 1.165) is 12.1 Å². The molecule has 10 heavy (non-hydrogen) atoms. The van der Waals surface area contributed by atoms with Gasteiger partial charge in [-0.2, -0.15) is 5.10 Å². The summed E-state index contributed by atoms with van der Waals surface area (Å²) in [4.78, 5) is 0. The molecule has 0 N–H and O–H groups in total. The molecular weight excluding hydrogens is 124 g/mol. The molecule has 0 spiro atoms. The zero-order valence-electron chi connectivity index (χ0n) is 6.89. The molecule has 1 aromatic rings. The highest BCUT2D eigenvalue weighted by atomic mass is 15.3. The van der Waals surface area contributed by atoms with Crippen LogP contribution in [0.15, 0.2) is 6.07 Å². The number of hydrogen-bond acceptors (Lipinski definition) is 1. The van der Waals surface area contributed by atoms with Crippen molar-refractivity contribution in [1.82, 2.24) is 9.78 Å². The van der Waals surface area contributed by atoms with E-state index in [0.29, 0.717) is 0 Å². The highest BCUT2D eigenvalue weighted by Crippen LogP contribution is 2.03. The van der Waals surface area contributed by atoms with Gasteiger partial charge in [0, 0.05) is 12.7 Å². The van der Waals surface area contributed by atoms with Crippen molar-refractivity contribution in [2.24, 2.45) is 7.05 Å². The maximum Gasteiger partial charge on any atom is 0.0596 e. The highest BCUT2D eigenvalue weighted by molar-refractivity contribution is 5.08. The molecule has 2 heteroatoms. The average Bonchev–Trinajstić information content (AvgIpc) is 2.13. The Labute approximate surface area is 61.9 Å². The van der Waals surface area contributed by atoms with Crippen LogP contribution in [0.2, 0.25) is 0 Å². The summed E-state index contributed by atoms with van der Waals surface area (Å²) >= 11 is 0. The van der Waals surface area contributed by atoms with Gasteiger partial charge in [0.05, 0.1) is 5.69 Å². The second-order valence-electron chi connectivity index (χ2n) is 2.65. The van der Waals surface area contributed by atoms with Gasteiger partial charge < -0.3 is 0 Å². The van der Waals surface area contributed by atoms with Gasteiger partial charge in [-0.05, 0) is 19.4 Å². The van der Waals surface area contributed by atoms with E-state index in [-0.39, 0.29) is 0 Å². The zero-order chi connectivity index (χ0) is 7.56. The van der Waals surface area contributed by atoms with Gasteiger partial charge in [-0.15, -0.1) is 0 Å². The van der Waals surface area contributed by atoms with Crippen LogP contribution in [0.3, 0.4) is 0 Å². The topological polar surface area (TPSA) is 17.8 Å². The van der Waals surface area contributed by atoms with Gasteiger partial charge in [-0.1, -0.05) is 13.3 Å². The van der Waals surface area contributed by atoms with Gasteiger partial charge in [-0.3, -0.25) is 4.68 Å². The average molecular weight is 138 g/mol. The first-order valence-electron chi connectivity index (χ1n) is 3.73. The Morgan fingerprint density at radius 1 is 1.60 bits per heavy atom. The van der Waals surface area contributed by atoms with Crippen LogP contribution in [0.25, 0.3) is 0 Å². The fraction of sp³-hybridized carbons (Fsp3) is 0.625. The first kappa shape index (κ1) is 7.32. The Balaban J connectivity index is 2.81. The third kappa shape index (κ3) is 1.38. The maximum atomic E-state index is 4.25. The van der Waals surface area contributed by atoms with Crippen molar-refractivity contribution < 1.29 is 0 Å². The second kappa shape index (κ2) is 2.86. The van der Waals surface area contributed by atoms with E-state index in [1.165, 1.54) is 12.1 Å². The molecule has 0 saturated carbocycles. The van der Waals surface area contributed by atoms with Crippen LogP contribution in [-0.4, -0.2) is 9.78 Å². The molecule has 0 fully saturated rings. The smallest absolute Gasteiger partial charge is 0.0596 e. The molecule has 0 aromatic carbocycles. The SMILES string of the molecule is CCCc1cc(C)nn1C. The largest absolute Gasteiger partial charge is 0.272 e. The third-order valence-corrected chi connectivity index (χ3v) is 1.61. The molecule has 0 atom stereocenters. The molecule has 0 aliphatic heterocycles. The van der Waals surface area contributed by atoms with E-state index >= 15 is 0 Å². The lowest BCUT2D eigenvalue weighted by Gasteiger charge is -1.96. The normalized spacial score (nSPS) is 10.3. The first-order chi connectivity index (χ1) is 4.74. The fourth-order valence-electron chi connectivity index (χ4n) is 1.15. The summed E-state index contributed by atoms with van der Waals surface area (Å²) in [5, 5.41) is 4.25. The van der Waals surface area contributed by atoms with Crippen LogP contribution in [0.4, 0.5) is 0 Å². The molecule has 0 aliphatic carbocycles. The Bertz CT molecular complexity index is 213. The van der Waals surface area contributed by atoms with Gasteiger partial charge in [0.2, 0.25) is 0 Å². The number of nitrogens with zero attached hydrogens (tertiary/aromatic N) is 2. The van der Waals surface area contributed by atoms with Crippen molar-refractivity contribution in [3.63, 3.8) is 0 Å². The van der Waals surface area contributed by atoms with Gasteiger partial charge in [-0.25, -0.2) is 0 Å². The maximum absolute atomic E-state index is 4.25. The molecule has 0 bridgehead atoms. The molecule has 0 unspecified atom stereocenters. The Hall–Kier alpha value is -0.790. The van der Waals surface area contributed by atoms with Crippen molar-refractivity contribution in [2.75, 3.05) is 0 Å². The summed E-state index contributed by atoms with van der Waals surface area (Å²) in [5.74, 6) is 0. The van der Waals surface area contributed by atoms with Crippen LogP contribution in [-0.2, 0) is 13.5 Å². The lowest BCUT2D eigenvalue weighted by molar-refractivity contribution is 0.692. The van der Waals surface area contributed by atoms with Crippen LogP contribution in [0.1, 0.15) is 24.7 Å². The van der Waals surface area contributed by atoms with E-state index in [9.17, 15) is 0 Å². The minimum absolute atomic E-state index is 1.12. The number of rotatable bonds is 2. The highest BCUT2D eigenvalue weighted by Gasteiger charge is 1.98. The fourth-order valence-corrected chi connectivity index (χ4v) is 1.15. The molecule has 2 nitrogen and oxygen atoms in total. The van der Waals surface area contributed by atoms with Crippen LogP contribution >= 0.6 is 0 Å². The minimum Gasteiger partial charge on any atom is -0.272 e. The van der Waals surface area contributed by atoms with Crippen molar-refractivity contribution >= 4 is 0 Å². The summed E-state index contributed by atoms with van der Waals surface area (Å²) in [6, 6.07) is 2.14. The van der Waals surface area contributed by atoms with Crippen molar-refractivity contribution in [2.45, 2.75) is 26.7 Å². The molecule has 0 radical (unpaired) electrons. The quantitative estimate of drug-likeness (QED) is 0.608. The molecule has 0 aliphatic rings. The first-order valence-corrected chi connectivity index (χ1v) is 3.73. The van der Waals surface area contributed by atoms with E-state index in [2.05, 4.69) is 18.1 Å². The summed E-state index contributed by atoms with van der Waals surface area (Å²) in [6.07, 6.45) is 2.33. The standard InChI is InChI=1S/C8H14N2/c1-4-5-8-6-7(2)9-10(8)3/h6H,4-5H2,1-3H3. The summed E-state index contributed by atoms with van der Waals surface area (Å²) < 4.78 is 1.96. The monoisotopic (exact) mass is 138 g/mol. The molecule has 1 aromatic heterocycles. The van der Waals surface area contributed by atoms with Gasteiger partial charge in [0.25, 0.3) is 0 Å². The molecule has 0 amide bonds. The van der Waals surface area contributed by atoms with E-state index < -0.39 is 0 Å². The van der Waals surface area contributed by atoms with Gasteiger partial charge in [0.1, 0.15) is 0 Å². The van der Waals surface area contributed by atoms with Crippen molar-refractivity contribution in [3.8, 4) is 0 Å². The van der Waals surface area contributed by atoms with Crippen LogP contribution in [0.5, 0.6) is 0 Å². The van der Waals surface area contributed by atoms with Crippen LogP contribution < -0.4 is 0 Å². The van der Waals surface area contributed by atoms with Gasteiger partial charge >= 0.3 is 0 Å². The van der Waals surface area contributed by atoms with Crippen LogP contribution in [0, 0.1) is 6.92 Å². The summed E-state index contributed by atoms with van der Waals surface area (Å²) in [5.41, 5.74) is 2.45. The number of aromatic nitrogens is 2. The number of hydrogen-bond donors (Lipinski definition) is 0. The lowest BCUT2D eigenvalue weighted by atomic mass is 10.2. The summed E-state index contributed by atoms with van der Waals surface area (Å²) in [7, 11) is 2.00. The van der Waals surface area contributed by atoms with Gasteiger partial charge in [0.15, 0.2) is 0 Å². The predicted octanol–water partition coefficient (Wildman–Crippen LogP) is 1.68. The molecule has 1 heterocycles. The Kier molecular flexibility index (Phi) is 2.10. The second-order valence-corrected chi connectivity index (χ2v) is 2.65. The van der Waals surface area contributed by atoms with E-state index in [1.54, 1.807) is 0 Å². The molecule has 56 valence electrons. The zero-order valence-corrected chi connectivity index (χ0v) is 6.89. The Morgan fingerprint density at radius 2 is 2.30 bits per heavy atom. The van der Waals surface area contributed by atoms with E-state index in [1.807, 2.05) is 18.7 Å². The molecular formula is C8H14N2. The Morgan fingerprint density at radius 3 is 2.70 bits per heavy atom. The van der Waals surface area contributed by atoms with Crippen molar-refractivity contribution in [1.29, 1.82) is 0 Å². The molecule has 0 saturated heterocycles. The van der Waals surface area contributed by atoms with Crippen molar-refractivity contribution in [3.05, 3.63) is 17.5 Å². The third-order valence-electron chi connectivity index (χ3n) is 1.61. The summed E-state index contributed by atoms with van der Waals surface area (Å²) in [6.45, 7) is 4.21.